The van der Waals surface area contributed by atoms with E-state index in [1.807, 2.05) is 29.4 Å². The Hall–Kier alpha value is -1.00. The van der Waals surface area contributed by atoms with Crippen LogP contribution in [-0.4, -0.2) is 30.5 Å². The van der Waals surface area contributed by atoms with E-state index in [0.717, 1.165) is 18.8 Å². The summed E-state index contributed by atoms with van der Waals surface area (Å²) in [6.07, 6.45) is 1.96. The molecular weight excluding hydrogens is 232 g/mol. The van der Waals surface area contributed by atoms with Gasteiger partial charge in [0.25, 0.3) is 0 Å². The lowest BCUT2D eigenvalue weighted by atomic mass is 10.1. The SMILES string of the molecule is CSCC(=O)N1CC(C)NCc2ccccc21. The molecule has 0 aliphatic carbocycles. The van der Waals surface area contributed by atoms with E-state index < -0.39 is 0 Å². The molecule has 1 aromatic rings. The van der Waals surface area contributed by atoms with E-state index in [1.165, 1.54) is 5.56 Å². The fraction of sp³-hybridized carbons (Fsp3) is 0.462. The quantitative estimate of drug-likeness (QED) is 0.870. The molecule has 0 saturated carbocycles. The van der Waals surface area contributed by atoms with Crippen molar-refractivity contribution < 1.29 is 4.79 Å². The van der Waals surface area contributed by atoms with Gasteiger partial charge in [0.2, 0.25) is 5.91 Å². The molecule has 1 heterocycles. The van der Waals surface area contributed by atoms with Crippen molar-refractivity contribution in [3.63, 3.8) is 0 Å². The van der Waals surface area contributed by atoms with Crippen LogP contribution in [0.1, 0.15) is 12.5 Å². The van der Waals surface area contributed by atoms with Crippen molar-refractivity contribution >= 4 is 23.4 Å². The third kappa shape index (κ3) is 2.82. The monoisotopic (exact) mass is 250 g/mol. The zero-order valence-corrected chi connectivity index (χ0v) is 11.1. The molecular formula is C13H18N2OS. The minimum Gasteiger partial charge on any atom is -0.310 e. The third-order valence-electron chi connectivity index (χ3n) is 2.95. The highest BCUT2D eigenvalue weighted by atomic mass is 32.2. The van der Waals surface area contributed by atoms with E-state index in [9.17, 15) is 4.79 Å². The number of anilines is 1. The largest absolute Gasteiger partial charge is 0.310 e. The van der Waals surface area contributed by atoms with Gasteiger partial charge in [0.15, 0.2) is 0 Å². The molecule has 0 saturated heterocycles. The smallest absolute Gasteiger partial charge is 0.237 e. The zero-order valence-electron chi connectivity index (χ0n) is 10.3. The van der Waals surface area contributed by atoms with Gasteiger partial charge in [-0.2, -0.15) is 11.8 Å². The second-order valence-corrected chi connectivity index (χ2v) is 5.21. The first-order valence-electron chi connectivity index (χ1n) is 5.83. The lowest BCUT2D eigenvalue weighted by Gasteiger charge is -2.24. The average Bonchev–Trinajstić information content (AvgIpc) is 2.50. The summed E-state index contributed by atoms with van der Waals surface area (Å²) >= 11 is 1.57. The number of nitrogens with one attached hydrogen (secondary N) is 1. The molecule has 0 fully saturated rings. The number of hydrogen-bond acceptors (Lipinski definition) is 3. The van der Waals surface area contributed by atoms with Gasteiger partial charge in [0, 0.05) is 24.8 Å². The Balaban J connectivity index is 2.32. The minimum atomic E-state index is 0.195. The Labute approximate surface area is 107 Å². The molecule has 1 atom stereocenters. The summed E-state index contributed by atoms with van der Waals surface area (Å²) in [4.78, 5) is 14.0. The Morgan fingerprint density at radius 3 is 3.06 bits per heavy atom. The van der Waals surface area contributed by atoms with Crippen LogP contribution in [0.2, 0.25) is 0 Å². The van der Waals surface area contributed by atoms with Crippen LogP contribution in [0.5, 0.6) is 0 Å². The van der Waals surface area contributed by atoms with Gasteiger partial charge in [-0.05, 0) is 24.8 Å². The van der Waals surface area contributed by atoms with Crippen molar-refractivity contribution in [3.8, 4) is 0 Å². The van der Waals surface area contributed by atoms with Crippen molar-refractivity contribution in [1.82, 2.24) is 5.32 Å². The Bertz CT molecular complexity index is 408. The molecule has 0 aromatic heterocycles. The fourth-order valence-electron chi connectivity index (χ4n) is 2.08. The molecule has 3 nitrogen and oxygen atoms in total. The maximum atomic E-state index is 12.1. The fourth-order valence-corrected chi connectivity index (χ4v) is 2.48. The van der Waals surface area contributed by atoms with E-state index in [4.69, 9.17) is 0 Å². The highest BCUT2D eigenvalue weighted by molar-refractivity contribution is 7.99. The van der Waals surface area contributed by atoms with Crippen molar-refractivity contribution in [2.45, 2.75) is 19.5 Å². The molecule has 1 N–H and O–H groups in total. The number of carbonyl (C=O) groups is 1. The Morgan fingerprint density at radius 2 is 2.29 bits per heavy atom. The zero-order chi connectivity index (χ0) is 12.3. The van der Waals surface area contributed by atoms with E-state index in [-0.39, 0.29) is 5.91 Å². The number of thioether (sulfide) groups is 1. The van der Waals surface area contributed by atoms with Gasteiger partial charge in [-0.15, -0.1) is 0 Å². The molecule has 4 heteroatoms. The Morgan fingerprint density at radius 1 is 1.53 bits per heavy atom. The molecule has 1 aromatic carbocycles. The molecule has 92 valence electrons. The summed E-state index contributed by atoms with van der Waals surface area (Å²) in [5.41, 5.74) is 2.26. The number of nitrogens with zero attached hydrogens (tertiary/aromatic N) is 1. The van der Waals surface area contributed by atoms with Crippen LogP contribution in [-0.2, 0) is 11.3 Å². The van der Waals surface area contributed by atoms with Crippen LogP contribution in [0.4, 0.5) is 5.69 Å². The van der Waals surface area contributed by atoms with Crippen LogP contribution < -0.4 is 10.2 Å². The predicted molar refractivity (Wildman–Crippen MR) is 73.5 cm³/mol. The van der Waals surface area contributed by atoms with Crippen molar-refractivity contribution in [2.75, 3.05) is 23.5 Å². The molecule has 0 spiro atoms. The van der Waals surface area contributed by atoms with Crippen LogP contribution in [0.3, 0.4) is 0 Å². The lowest BCUT2D eigenvalue weighted by molar-refractivity contribution is -0.116. The van der Waals surface area contributed by atoms with Crippen molar-refractivity contribution in [2.24, 2.45) is 0 Å². The molecule has 1 aliphatic rings. The molecule has 1 aliphatic heterocycles. The van der Waals surface area contributed by atoms with E-state index >= 15 is 0 Å². The Kier molecular flexibility index (Phi) is 4.07. The van der Waals surface area contributed by atoms with E-state index in [0.29, 0.717) is 11.8 Å². The first kappa shape index (κ1) is 12.5. The maximum absolute atomic E-state index is 12.1. The molecule has 1 amide bonds. The van der Waals surface area contributed by atoms with Gasteiger partial charge in [-0.25, -0.2) is 0 Å². The average molecular weight is 250 g/mol. The molecule has 17 heavy (non-hydrogen) atoms. The van der Waals surface area contributed by atoms with Crippen molar-refractivity contribution in [3.05, 3.63) is 29.8 Å². The summed E-state index contributed by atoms with van der Waals surface area (Å²) in [5.74, 6) is 0.738. The summed E-state index contributed by atoms with van der Waals surface area (Å²) in [6, 6.07) is 8.46. The second kappa shape index (κ2) is 5.56. The normalized spacial score (nSPS) is 19.6. The lowest BCUT2D eigenvalue weighted by Crippen LogP contribution is -2.40. The number of benzene rings is 1. The topological polar surface area (TPSA) is 32.3 Å². The van der Waals surface area contributed by atoms with Gasteiger partial charge < -0.3 is 10.2 Å². The van der Waals surface area contributed by atoms with E-state index in [2.05, 4.69) is 18.3 Å². The van der Waals surface area contributed by atoms with Crippen molar-refractivity contribution in [1.29, 1.82) is 0 Å². The van der Waals surface area contributed by atoms with Gasteiger partial charge in [-0.3, -0.25) is 4.79 Å². The summed E-state index contributed by atoms with van der Waals surface area (Å²) in [6.45, 7) is 3.70. The third-order valence-corrected chi connectivity index (χ3v) is 3.48. The number of rotatable bonds is 2. The number of fused-ring (bicyclic) bond motifs is 1. The van der Waals surface area contributed by atoms with Gasteiger partial charge in [-0.1, -0.05) is 18.2 Å². The number of amides is 1. The molecule has 1 unspecified atom stereocenters. The minimum absolute atomic E-state index is 0.195. The maximum Gasteiger partial charge on any atom is 0.237 e. The highest BCUT2D eigenvalue weighted by Gasteiger charge is 2.23. The highest BCUT2D eigenvalue weighted by Crippen LogP contribution is 2.23. The second-order valence-electron chi connectivity index (χ2n) is 4.35. The van der Waals surface area contributed by atoms with Gasteiger partial charge in [0.05, 0.1) is 5.75 Å². The van der Waals surface area contributed by atoms with Crippen LogP contribution in [0, 0.1) is 0 Å². The molecule has 2 rings (SSSR count). The number of para-hydroxylation sites is 1. The van der Waals surface area contributed by atoms with Crippen LogP contribution >= 0.6 is 11.8 Å². The number of hydrogen-bond donors (Lipinski definition) is 1. The predicted octanol–water partition coefficient (Wildman–Crippen LogP) is 1.87. The van der Waals surface area contributed by atoms with E-state index in [1.54, 1.807) is 11.8 Å². The van der Waals surface area contributed by atoms with Gasteiger partial charge >= 0.3 is 0 Å². The van der Waals surface area contributed by atoms with Crippen LogP contribution in [0.15, 0.2) is 24.3 Å². The first-order chi connectivity index (χ1) is 8.22. The molecule has 0 radical (unpaired) electrons. The number of carbonyl (C=O) groups excluding carboxylic acids is 1. The standard InChI is InChI=1S/C13H18N2OS/c1-10-8-15(13(16)9-17-2)12-6-4-3-5-11(12)7-14-10/h3-6,10,14H,7-9H2,1-2H3. The van der Waals surface area contributed by atoms with Crippen LogP contribution in [0.25, 0.3) is 0 Å². The summed E-state index contributed by atoms with van der Waals surface area (Å²) < 4.78 is 0. The summed E-state index contributed by atoms with van der Waals surface area (Å²) in [7, 11) is 0. The summed E-state index contributed by atoms with van der Waals surface area (Å²) in [5, 5.41) is 3.43. The first-order valence-corrected chi connectivity index (χ1v) is 7.22. The van der Waals surface area contributed by atoms with Gasteiger partial charge in [0.1, 0.15) is 0 Å². The molecule has 0 bridgehead atoms.